The van der Waals surface area contributed by atoms with Crippen molar-refractivity contribution < 1.29 is 0 Å². The average molecular weight is 123 g/mol. The Kier molecular flexibility index (Phi) is 1.15. The first-order valence-electron chi connectivity index (χ1n) is 3.57. The lowest BCUT2D eigenvalue weighted by atomic mass is 10.2. The molecule has 0 bridgehead atoms. The summed E-state index contributed by atoms with van der Waals surface area (Å²) in [4.78, 5) is 0. The second-order valence-electron chi connectivity index (χ2n) is 2.54. The van der Waals surface area contributed by atoms with E-state index in [0.717, 1.165) is 13.0 Å². The predicted octanol–water partition coefficient (Wildman–Crippen LogP) is 0.678. The second kappa shape index (κ2) is 1.98. The van der Waals surface area contributed by atoms with E-state index >= 15 is 0 Å². The minimum atomic E-state index is 1.07. The third-order valence-corrected chi connectivity index (χ3v) is 1.88. The smallest absolute Gasteiger partial charge is 0.267 e. The molecule has 2 heterocycles. The van der Waals surface area contributed by atoms with Crippen molar-refractivity contribution >= 4 is 0 Å². The first-order chi connectivity index (χ1) is 4.47. The van der Waals surface area contributed by atoms with Gasteiger partial charge in [0.05, 0.1) is 6.54 Å². The Hall–Kier alpha value is -0.590. The molecule has 0 aliphatic carbocycles. The molecule has 0 spiro atoms. The van der Waals surface area contributed by atoms with Gasteiger partial charge in [-0.2, -0.15) is 0 Å². The maximum atomic E-state index is 3.36. The van der Waals surface area contributed by atoms with Gasteiger partial charge in [-0.1, -0.05) is 0 Å². The first-order valence-corrected chi connectivity index (χ1v) is 3.57. The highest BCUT2D eigenvalue weighted by Gasteiger charge is 2.28. The molecule has 0 saturated carbocycles. The van der Waals surface area contributed by atoms with Crippen LogP contribution in [0.15, 0.2) is 5.70 Å². The van der Waals surface area contributed by atoms with Crippen LogP contribution in [0.4, 0.5) is 0 Å². The summed E-state index contributed by atoms with van der Waals surface area (Å²) in [6, 6.07) is 0. The van der Waals surface area contributed by atoms with Gasteiger partial charge >= 0.3 is 0 Å². The molecule has 1 N–H and O–H groups in total. The quantitative estimate of drug-likeness (QED) is 0.476. The Bertz CT molecular complexity index is 140. The average Bonchev–Trinajstić information content (AvgIpc) is 2.33. The van der Waals surface area contributed by atoms with Crippen molar-refractivity contribution in [2.24, 2.45) is 0 Å². The molecule has 2 nitrogen and oxygen atoms in total. The molecule has 0 atom stereocenters. The van der Waals surface area contributed by atoms with Crippen molar-refractivity contribution in [2.75, 3.05) is 13.1 Å². The maximum Gasteiger partial charge on any atom is 0.270 e. The van der Waals surface area contributed by atoms with Crippen molar-refractivity contribution in [3.63, 3.8) is 0 Å². The maximum absolute atomic E-state index is 3.36. The number of rotatable bonds is 0. The standard InChI is InChI=1S/C7H11N2/c1-3-7-4-2-6-9(7)8-5-1/h8H,1-2,4-6H2/q+1. The monoisotopic (exact) mass is 123 g/mol. The Labute approximate surface area is 55.5 Å². The van der Waals surface area contributed by atoms with Crippen LogP contribution in [-0.2, 0) is 0 Å². The SMILES string of the molecule is [C+]1=C2CCCN2NCC1. The van der Waals surface area contributed by atoms with Crippen LogP contribution in [0.1, 0.15) is 19.3 Å². The summed E-state index contributed by atoms with van der Waals surface area (Å²) in [5.41, 5.74) is 4.70. The van der Waals surface area contributed by atoms with Crippen LogP contribution in [0.3, 0.4) is 0 Å². The summed E-state index contributed by atoms with van der Waals surface area (Å²) in [6.45, 7) is 2.26. The van der Waals surface area contributed by atoms with Crippen molar-refractivity contribution in [3.8, 4) is 0 Å². The molecule has 2 aliphatic heterocycles. The van der Waals surface area contributed by atoms with E-state index in [0.29, 0.717) is 0 Å². The molecule has 9 heavy (non-hydrogen) atoms. The molecule has 0 amide bonds. The molecule has 1 fully saturated rings. The lowest BCUT2D eigenvalue weighted by Gasteiger charge is -2.16. The van der Waals surface area contributed by atoms with Crippen molar-refractivity contribution in [2.45, 2.75) is 19.3 Å². The number of nitrogens with zero attached hydrogens (tertiary/aromatic N) is 1. The lowest BCUT2D eigenvalue weighted by molar-refractivity contribution is 0.265. The minimum absolute atomic E-state index is 1.07. The van der Waals surface area contributed by atoms with Crippen LogP contribution >= 0.6 is 0 Å². The summed E-state index contributed by atoms with van der Waals surface area (Å²) in [5.74, 6) is 0. The van der Waals surface area contributed by atoms with Crippen molar-refractivity contribution in [3.05, 3.63) is 11.8 Å². The fraction of sp³-hybridized carbons (Fsp3) is 0.714. The van der Waals surface area contributed by atoms with Gasteiger partial charge < -0.3 is 0 Å². The van der Waals surface area contributed by atoms with Gasteiger partial charge in [-0.15, -0.1) is 0 Å². The second-order valence-corrected chi connectivity index (χ2v) is 2.54. The van der Waals surface area contributed by atoms with Gasteiger partial charge in [0, 0.05) is 13.0 Å². The van der Waals surface area contributed by atoms with E-state index < -0.39 is 0 Å². The lowest BCUT2D eigenvalue weighted by Crippen LogP contribution is -2.37. The third kappa shape index (κ3) is 0.805. The zero-order chi connectivity index (χ0) is 6.10. The minimum Gasteiger partial charge on any atom is -0.267 e. The van der Waals surface area contributed by atoms with Crippen LogP contribution in [0.25, 0.3) is 0 Å². The molecular weight excluding hydrogens is 112 g/mol. The summed E-state index contributed by atoms with van der Waals surface area (Å²) >= 11 is 0. The van der Waals surface area contributed by atoms with E-state index in [-0.39, 0.29) is 0 Å². The van der Waals surface area contributed by atoms with E-state index in [1.165, 1.54) is 25.1 Å². The van der Waals surface area contributed by atoms with Gasteiger partial charge in [0.2, 0.25) is 6.08 Å². The third-order valence-electron chi connectivity index (χ3n) is 1.88. The largest absolute Gasteiger partial charge is 0.270 e. The van der Waals surface area contributed by atoms with Crippen LogP contribution < -0.4 is 5.43 Å². The van der Waals surface area contributed by atoms with Crippen LogP contribution in [-0.4, -0.2) is 18.1 Å². The highest BCUT2D eigenvalue weighted by Crippen LogP contribution is 2.20. The fourth-order valence-corrected chi connectivity index (χ4v) is 1.43. The van der Waals surface area contributed by atoms with Gasteiger partial charge in [0.15, 0.2) is 6.42 Å². The Morgan fingerprint density at radius 2 is 2.56 bits per heavy atom. The summed E-state index contributed by atoms with van der Waals surface area (Å²) < 4.78 is 0. The van der Waals surface area contributed by atoms with Crippen molar-refractivity contribution in [1.29, 1.82) is 0 Å². The van der Waals surface area contributed by atoms with Gasteiger partial charge in [0.1, 0.15) is 0 Å². The highest BCUT2D eigenvalue weighted by molar-refractivity contribution is 5.02. The zero-order valence-corrected chi connectivity index (χ0v) is 5.48. The number of hydrazine groups is 1. The topological polar surface area (TPSA) is 15.3 Å². The normalized spacial score (nSPS) is 24.9. The molecule has 2 heteroatoms. The number of hydrogen-bond acceptors (Lipinski definition) is 2. The number of nitrogens with one attached hydrogen (secondary N) is 1. The van der Waals surface area contributed by atoms with Crippen LogP contribution in [0.2, 0.25) is 0 Å². The Morgan fingerprint density at radius 3 is 3.44 bits per heavy atom. The molecular formula is C7H11N2+. The molecule has 0 unspecified atom stereocenters. The van der Waals surface area contributed by atoms with E-state index in [1.807, 2.05) is 0 Å². The van der Waals surface area contributed by atoms with Gasteiger partial charge in [-0.05, 0) is 6.42 Å². The zero-order valence-electron chi connectivity index (χ0n) is 5.48. The molecule has 48 valence electrons. The van der Waals surface area contributed by atoms with Gasteiger partial charge in [0.25, 0.3) is 5.70 Å². The van der Waals surface area contributed by atoms with E-state index in [4.69, 9.17) is 0 Å². The molecule has 0 aromatic heterocycles. The first kappa shape index (κ1) is 5.21. The van der Waals surface area contributed by atoms with Gasteiger partial charge in [-0.25, -0.2) is 5.43 Å². The van der Waals surface area contributed by atoms with Crippen LogP contribution in [0.5, 0.6) is 0 Å². The number of hydrogen-bond donors (Lipinski definition) is 1. The van der Waals surface area contributed by atoms with E-state index in [2.05, 4.69) is 16.5 Å². The predicted molar refractivity (Wildman–Crippen MR) is 35.3 cm³/mol. The Morgan fingerprint density at radius 1 is 1.56 bits per heavy atom. The molecule has 2 aliphatic rings. The molecule has 1 saturated heterocycles. The van der Waals surface area contributed by atoms with Crippen molar-refractivity contribution in [1.82, 2.24) is 10.4 Å². The molecule has 2 rings (SSSR count). The van der Waals surface area contributed by atoms with Crippen LogP contribution in [0, 0.1) is 6.08 Å². The molecule has 0 radical (unpaired) electrons. The molecule has 0 aromatic rings. The van der Waals surface area contributed by atoms with E-state index in [9.17, 15) is 0 Å². The van der Waals surface area contributed by atoms with Gasteiger partial charge in [-0.3, -0.25) is 5.01 Å². The number of fused-ring (bicyclic) bond motifs is 1. The molecule has 0 aromatic carbocycles. The highest BCUT2D eigenvalue weighted by atomic mass is 15.5. The summed E-state index contributed by atoms with van der Waals surface area (Å²) in [7, 11) is 0. The number of allylic oxidation sites excluding steroid dienone is 1. The van der Waals surface area contributed by atoms with E-state index in [1.54, 1.807) is 0 Å². The summed E-state index contributed by atoms with van der Waals surface area (Å²) in [5, 5.41) is 2.23. The Balaban J connectivity index is 2.16. The summed E-state index contributed by atoms with van der Waals surface area (Å²) in [6.07, 6.45) is 6.98. The fourth-order valence-electron chi connectivity index (χ4n) is 1.43.